The van der Waals surface area contributed by atoms with E-state index < -0.39 is 11.8 Å². The molecule has 1 aromatic rings. The molecule has 4 atom stereocenters. The Morgan fingerprint density at radius 1 is 1.21 bits per heavy atom. The highest BCUT2D eigenvalue weighted by molar-refractivity contribution is 6.29. The zero-order chi connectivity index (χ0) is 20.2. The molecule has 0 radical (unpaired) electrons. The Morgan fingerprint density at radius 2 is 1.86 bits per heavy atom. The van der Waals surface area contributed by atoms with Crippen LogP contribution in [0.5, 0.6) is 0 Å². The number of carbonyl (C=O) groups excluding carboxylic acids is 1. The standard InChI is InChI=1S/C20H25ClF2N4O2/c21-17-7-15(16-8-20(16,22)23)18(26-25-17)24-14-5-12-9-27(10-13(12)6-14)19(28)11-1-3-29-4-2-11/h7,11-14,16H,1-6,8-10H2,(H,24,26)/t12-,13+,14-,16?. The van der Waals surface area contributed by atoms with Crippen LogP contribution in [0.25, 0.3) is 0 Å². The van der Waals surface area contributed by atoms with Gasteiger partial charge in [-0.2, -0.15) is 0 Å². The molecule has 2 saturated heterocycles. The minimum Gasteiger partial charge on any atom is -0.381 e. The number of rotatable bonds is 4. The number of anilines is 1. The molecule has 4 fully saturated rings. The summed E-state index contributed by atoms with van der Waals surface area (Å²) in [6.07, 6.45) is 3.29. The van der Waals surface area contributed by atoms with E-state index >= 15 is 0 Å². The van der Waals surface area contributed by atoms with Gasteiger partial charge in [-0.25, -0.2) is 8.78 Å². The van der Waals surface area contributed by atoms with E-state index in [2.05, 4.69) is 15.5 Å². The van der Waals surface area contributed by atoms with Crippen molar-refractivity contribution in [1.29, 1.82) is 0 Å². The summed E-state index contributed by atoms with van der Waals surface area (Å²) in [6.45, 7) is 2.93. The molecule has 2 saturated carbocycles. The van der Waals surface area contributed by atoms with Gasteiger partial charge in [0.2, 0.25) is 5.91 Å². The minimum atomic E-state index is -2.68. The third kappa shape index (κ3) is 3.81. The SMILES string of the molecule is O=C(C1CCOCC1)N1C[C@H]2C[C@@H](Nc3nnc(Cl)cc3C3CC3(F)F)C[C@H]2C1. The first-order chi connectivity index (χ1) is 13.9. The first-order valence-electron chi connectivity index (χ1n) is 10.4. The highest BCUT2D eigenvalue weighted by Crippen LogP contribution is 2.57. The van der Waals surface area contributed by atoms with Gasteiger partial charge in [0.1, 0.15) is 0 Å². The smallest absolute Gasteiger partial charge is 0.256 e. The second kappa shape index (κ2) is 7.30. The van der Waals surface area contributed by atoms with Crippen molar-refractivity contribution < 1.29 is 18.3 Å². The Balaban J connectivity index is 1.20. The van der Waals surface area contributed by atoms with E-state index in [0.717, 1.165) is 38.8 Å². The van der Waals surface area contributed by atoms with Crippen molar-refractivity contribution in [3.05, 3.63) is 16.8 Å². The van der Waals surface area contributed by atoms with Gasteiger partial charge in [0.05, 0.1) is 5.92 Å². The van der Waals surface area contributed by atoms with E-state index in [9.17, 15) is 13.6 Å². The number of halogens is 3. The number of aromatic nitrogens is 2. The number of nitrogens with one attached hydrogen (secondary N) is 1. The van der Waals surface area contributed by atoms with Crippen LogP contribution in [0.3, 0.4) is 0 Å². The molecule has 1 aromatic heterocycles. The van der Waals surface area contributed by atoms with Crippen LogP contribution < -0.4 is 5.32 Å². The topological polar surface area (TPSA) is 67.3 Å². The maximum absolute atomic E-state index is 13.6. The first-order valence-corrected chi connectivity index (χ1v) is 10.8. The quantitative estimate of drug-likeness (QED) is 0.799. The van der Waals surface area contributed by atoms with Crippen molar-refractivity contribution in [2.24, 2.45) is 17.8 Å². The van der Waals surface area contributed by atoms with Gasteiger partial charge < -0.3 is 15.0 Å². The Hall–Kier alpha value is -1.54. The lowest BCUT2D eigenvalue weighted by molar-refractivity contribution is -0.137. The van der Waals surface area contributed by atoms with E-state index in [1.165, 1.54) is 6.07 Å². The number of amides is 1. The summed E-state index contributed by atoms with van der Waals surface area (Å²) in [6, 6.07) is 1.67. The van der Waals surface area contributed by atoms with Crippen LogP contribution in [-0.4, -0.2) is 59.3 Å². The van der Waals surface area contributed by atoms with Gasteiger partial charge >= 0.3 is 0 Å². The average molecular weight is 427 g/mol. The van der Waals surface area contributed by atoms with Crippen molar-refractivity contribution >= 4 is 23.3 Å². The van der Waals surface area contributed by atoms with Gasteiger partial charge in [0.15, 0.2) is 11.0 Å². The van der Waals surface area contributed by atoms with Crippen LogP contribution in [0.4, 0.5) is 14.6 Å². The average Bonchev–Trinajstić information content (AvgIpc) is 3.00. The summed E-state index contributed by atoms with van der Waals surface area (Å²) in [4.78, 5) is 14.8. The van der Waals surface area contributed by atoms with Gasteiger partial charge in [-0.15, -0.1) is 10.2 Å². The lowest BCUT2D eigenvalue weighted by Gasteiger charge is -2.27. The number of alkyl halides is 2. The molecule has 158 valence electrons. The van der Waals surface area contributed by atoms with E-state index in [1.54, 1.807) is 0 Å². The van der Waals surface area contributed by atoms with Gasteiger partial charge in [-0.05, 0) is 43.6 Å². The fourth-order valence-corrected chi connectivity index (χ4v) is 5.46. The summed E-state index contributed by atoms with van der Waals surface area (Å²) in [7, 11) is 0. The van der Waals surface area contributed by atoms with E-state index in [0.29, 0.717) is 36.4 Å². The Kier molecular flexibility index (Phi) is 4.89. The van der Waals surface area contributed by atoms with Crippen LogP contribution in [0.2, 0.25) is 5.15 Å². The third-order valence-electron chi connectivity index (χ3n) is 6.97. The number of hydrogen-bond donors (Lipinski definition) is 1. The number of fused-ring (bicyclic) bond motifs is 1. The summed E-state index contributed by atoms with van der Waals surface area (Å²) >= 11 is 5.89. The minimum absolute atomic E-state index is 0.101. The summed E-state index contributed by atoms with van der Waals surface area (Å²) in [5, 5.41) is 11.4. The molecule has 6 nitrogen and oxygen atoms in total. The fraction of sp³-hybridized carbons (Fsp3) is 0.750. The number of hydrogen-bond acceptors (Lipinski definition) is 5. The molecule has 1 unspecified atom stereocenters. The third-order valence-corrected chi connectivity index (χ3v) is 7.15. The molecular formula is C20H25ClF2N4O2. The van der Waals surface area contributed by atoms with Crippen LogP contribution in [0.15, 0.2) is 6.07 Å². The van der Waals surface area contributed by atoms with Crippen molar-refractivity contribution in [2.75, 3.05) is 31.6 Å². The number of carbonyl (C=O) groups is 1. The van der Waals surface area contributed by atoms with Crippen molar-refractivity contribution in [1.82, 2.24) is 15.1 Å². The zero-order valence-corrected chi connectivity index (χ0v) is 16.9. The molecule has 0 spiro atoms. The van der Waals surface area contributed by atoms with Crippen molar-refractivity contribution in [3.8, 4) is 0 Å². The van der Waals surface area contributed by atoms with Gasteiger partial charge in [0, 0.05) is 50.2 Å². The lowest BCUT2D eigenvalue weighted by atomic mass is 9.98. The van der Waals surface area contributed by atoms with Gasteiger partial charge in [-0.3, -0.25) is 4.79 Å². The molecule has 4 aliphatic rings. The summed E-state index contributed by atoms with van der Waals surface area (Å²) in [5.41, 5.74) is 0.461. The second-order valence-electron chi connectivity index (χ2n) is 8.95. The van der Waals surface area contributed by atoms with Crippen LogP contribution in [0.1, 0.15) is 43.6 Å². The Labute approximate surface area is 173 Å². The molecule has 5 rings (SSSR count). The van der Waals surface area contributed by atoms with Crippen LogP contribution >= 0.6 is 11.6 Å². The highest BCUT2D eigenvalue weighted by Gasteiger charge is 2.59. The molecule has 0 bridgehead atoms. The first kappa shape index (κ1) is 19.4. The van der Waals surface area contributed by atoms with E-state index in [-0.39, 0.29) is 29.4 Å². The van der Waals surface area contributed by atoms with Crippen molar-refractivity contribution in [3.63, 3.8) is 0 Å². The van der Waals surface area contributed by atoms with Crippen LogP contribution in [0, 0.1) is 17.8 Å². The summed E-state index contributed by atoms with van der Waals surface area (Å²) in [5.74, 6) is -1.81. The highest BCUT2D eigenvalue weighted by atomic mass is 35.5. The van der Waals surface area contributed by atoms with Gasteiger partial charge in [-0.1, -0.05) is 11.6 Å². The second-order valence-corrected chi connectivity index (χ2v) is 9.34. The molecule has 0 aromatic carbocycles. The van der Waals surface area contributed by atoms with Gasteiger partial charge in [0.25, 0.3) is 5.92 Å². The monoisotopic (exact) mass is 426 g/mol. The molecule has 29 heavy (non-hydrogen) atoms. The lowest BCUT2D eigenvalue weighted by Crippen LogP contribution is -2.38. The summed E-state index contributed by atoms with van der Waals surface area (Å²) < 4.78 is 32.6. The predicted octanol–water partition coefficient (Wildman–Crippen LogP) is 3.33. The molecular weight excluding hydrogens is 402 g/mol. The van der Waals surface area contributed by atoms with Crippen LogP contribution in [-0.2, 0) is 9.53 Å². The zero-order valence-electron chi connectivity index (χ0n) is 16.1. The normalized spacial score (nSPS) is 33.6. The number of ether oxygens (including phenoxy) is 1. The van der Waals surface area contributed by atoms with Crippen molar-refractivity contribution in [2.45, 2.75) is 50.0 Å². The molecule has 2 aliphatic heterocycles. The molecule has 2 aliphatic carbocycles. The number of likely N-dealkylation sites (tertiary alicyclic amines) is 1. The Morgan fingerprint density at radius 3 is 2.48 bits per heavy atom. The predicted molar refractivity (Wildman–Crippen MR) is 103 cm³/mol. The van der Waals surface area contributed by atoms with E-state index in [4.69, 9.17) is 16.3 Å². The number of nitrogens with zero attached hydrogens (tertiary/aromatic N) is 3. The van der Waals surface area contributed by atoms with E-state index in [1.807, 2.05) is 4.90 Å². The fourth-order valence-electron chi connectivity index (χ4n) is 5.30. The maximum Gasteiger partial charge on any atom is 0.256 e. The largest absolute Gasteiger partial charge is 0.381 e. The maximum atomic E-state index is 13.6. The molecule has 1 amide bonds. The molecule has 9 heteroatoms. The molecule has 3 heterocycles. The Bertz CT molecular complexity index is 791. The molecule has 1 N–H and O–H groups in total.